The van der Waals surface area contributed by atoms with Gasteiger partial charge in [-0.1, -0.05) is 30.3 Å². The molecule has 0 saturated carbocycles. The van der Waals surface area contributed by atoms with Crippen molar-refractivity contribution in [3.63, 3.8) is 0 Å². The third-order valence-corrected chi connectivity index (χ3v) is 2.06. The molecule has 1 rings (SSSR count). The summed E-state index contributed by atoms with van der Waals surface area (Å²) >= 11 is 0. The zero-order valence-corrected chi connectivity index (χ0v) is 9.53. The molecule has 1 aromatic rings. The molecular formula is C12H18O3. The third kappa shape index (κ3) is 2.78. The van der Waals surface area contributed by atoms with E-state index >= 15 is 0 Å². The number of hydrogen-bond donors (Lipinski definition) is 0. The Kier molecular flexibility index (Phi) is 4.75. The van der Waals surface area contributed by atoms with Gasteiger partial charge < -0.3 is 14.2 Å². The summed E-state index contributed by atoms with van der Waals surface area (Å²) in [7, 11) is 1.58. The lowest BCUT2D eigenvalue weighted by Crippen LogP contribution is -2.35. The highest BCUT2D eigenvalue weighted by molar-refractivity contribution is 5.18. The summed E-state index contributed by atoms with van der Waals surface area (Å²) in [5, 5.41) is 0. The van der Waals surface area contributed by atoms with Crippen molar-refractivity contribution in [1.82, 2.24) is 0 Å². The highest BCUT2D eigenvalue weighted by Crippen LogP contribution is 2.27. The highest BCUT2D eigenvalue weighted by Gasteiger charge is 2.33. The van der Waals surface area contributed by atoms with Crippen LogP contribution in [0.25, 0.3) is 0 Å². The molecule has 0 aromatic heterocycles. The third-order valence-electron chi connectivity index (χ3n) is 2.06. The maximum atomic E-state index is 5.56. The summed E-state index contributed by atoms with van der Waals surface area (Å²) < 4.78 is 16.5. The van der Waals surface area contributed by atoms with Crippen molar-refractivity contribution in [2.75, 3.05) is 20.3 Å². The van der Waals surface area contributed by atoms with Crippen LogP contribution >= 0.6 is 0 Å². The molecular weight excluding hydrogens is 192 g/mol. The Balaban J connectivity index is 2.97. The highest BCUT2D eigenvalue weighted by atomic mass is 16.9. The molecule has 0 aliphatic rings. The zero-order valence-electron chi connectivity index (χ0n) is 9.53. The molecule has 0 fully saturated rings. The molecule has 0 aliphatic carbocycles. The first kappa shape index (κ1) is 12.2. The van der Waals surface area contributed by atoms with Crippen molar-refractivity contribution in [2.24, 2.45) is 0 Å². The van der Waals surface area contributed by atoms with E-state index in [9.17, 15) is 0 Å². The van der Waals surface area contributed by atoms with Crippen molar-refractivity contribution in [3.05, 3.63) is 35.9 Å². The SMILES string of the molecule is CCOC(OC)(OCC)c1ccccc1. The number of methoxy groups -OCH3 is 1. The Morgan fingerprint density at radius 1 is 1.00 bits per heavy atom. The van der Waals surface area contributed by atoms with E-state index in [1.165, 1.54) is 0 Å². The van der Waals surface area contributed by atoms with Gasteiger partial charge in [0.15, 0.2) is 0 Å². The molecule has 15 heavy (non-hydrogen) atoms. The van der Waals surface area contributed by atoms with Crippen LogP contribution in [0.5, 0.6) is 0 Å². The van der Waals surface area contributed by atoms with Gasteiger partial charge in [-0.25, -0.2) is 0 Å². The number of rotatable bonds is 6. The monoisotopic (exact) mass is 210 g/mol. The van der Waals surface area contributed by atoms with Crippen LogP contribution in [0.3, 0.4) is 0 Å². The Bertz CT molecular complexity index is 265. The topological polar surface area (TPSA) is 27.7 Å². The van der Waals surface area contributed by atoms with E-state index in [-0.39, 0.29) is 0 Å². The van der Waals surface area contributed by atoms with E-state index in [0.717, 1.165) is 5.56 Å². The summed E-state index contributed by atoms with van der Waals surface area (Å²) in [4.78, 5) is 0. The van der Waals surface area contributed by atoms with Crippen molar-refractivity contribution in [3.8, 4) is 0 Å². The van der Waals surface area contributed by atoms with Crippen LogP contribution in [0.15, 0.2) is 30.3 Å². The first-order valence-electron chi connectivity index (χ1n) is 5.17. The molecule has 0 heterocycles. The molecule has 0 bridgehead atoms. The minimum Gasteiger partial charge on any atom is -0.327 e. The Morgan fingerprint density at radius 2 is 1.53 bits per heavy atom. The van der Waals surface area contributed by atoms with E-state index in [1.54, 1.807) is 7.11 Å². The molecule has 0 atom stereocenters. The van der Waals surface area contributed by atoms with Crippen LogP contribution in [-0.4, -0.2) is 20.3 Å². The lowest BCUT2D eigenvalue weighted by molar-refractivity contribution is -0.381. The van der Waals surface area contributed by atoms with Gasteiger partial charge in [-0.15, -0.1) is 0 Å². The van der Waals surface area contributed by atoms with Crippen LogP contribution in [0.2, 0.25) is 0 Å². The summed E-state index contributed by atoms with van der Waals surface area (Å²) in [6.45, 7) is 4.89. The van der Waals surface area contributed by atoms with Crippen LogP contribution in [0, 0.1) is 0 Å². The summed E-state index contributed by atoms with van der Waals surface area (Å²) in [5.41, 5.74) is 0.871. The maximum Gasteiger partial charge on any atom is 0.311 e. The predicted molar refractivity (Wildman–Crippen MR) is 58.4 cm³/mol. The average Bonchev–Trinajstić information content (AvgIpc) is 2.30. The number of hydrogen-bond acceptors (Lipinski definition) is 3. The van der Waals surface area contributed by atoms with E-state index in [2.05, 4.69) is 0 Å². The van der Waals surface area contributed by atoms with Gasteiger partial charge in [0.05, 0.1) is 0 Å². The number of ether oxygens (including phenoxy) is 3. The Morgan fingerprint density at radius 3 is 1.93 bits per heavy atom. The van der Waals surface area contributed by atoms with Crippen molar-refractivity contribution >= 4 is 0 Å². The fourth-order valence-electron chi connectivity index (χ4n) is 1.47. The van der Waals surface area contributed by atoms with Crippen molar-refractivity contribution in [2.45, 2.75) is 19.8 Å². The second-order valence-electron chi connectivity index (χ2n) is 2.99. The number of benzene rings is 1. The smallest absolute Gasteiger partial charge is 0.311 e. The van der Waals surface area contributed by atoms with Crippen LogP contribution in [-0.2, 0) is 20.2 Å². The molecule has 0 radical (unpaired) electrons. The summed E-state index contributed by atoms with van der Waals surface area (Å²) in [6.07, 6.45) is 0. The molecule has 3 nitrogen and oxygen atoms in total. The largest absolute Gasteiger partial charge is 0.327 e. The second kappa shape index (κ2) is 5.85. The van der Waals surface area contributed by atoms with E-state index in [1.807, 2.05) is 44.2 Å². The first-order chi connectivity index (χ1) is 7.29. The predicted octanol–water partition coefficient (Wildman–Crippen LogP) is 2.52. The van der Waals surface area contributed by atoms with Gasteiger partial charge in [0.2, 0.25) is 0 Å². The van der Waals surface area contributed by atoms with Gasteiger partial charge in [0.1, 0.15) is 0 Å². The minimum absolute atomic E-state index is 0.530. The molecule has 1 aromatic carbocycles. The molecule has 0 saturated heterocycles. The normalized spacial score (nSPS) is 11.7. The van der Waals surface area contributed by atoms with Crippen LogP contribution in [0.4, 0.5) is 0 Å². The van der Waals surface area contributed by atoms with Crippen LogP contribution in [0.1, 0.15) is 19.4 Å². The van der Waals surface area contributed by atoms with Crippen molar-refractivity contribution < 1.29 is 14.2 Å². The zero-order chi connectivity index (χ0) is 11.1. The van der Waals surface area contributed by atoms with Gasteiger partial charge in [-0.2, -0.15) is 0 Å². The lowest BCUT2D eigenvalue weighted by atomic mass is 10.2. The van der Waals surface area contributed by atoms with Gasteiger partial charge in [-0.05, 0) is 13.8 Å². The van der Waals surface area contributed by atoms with Crippen LogP contribution < -0.4 is 0 Å². The van der Waals surface area contributed by atoms with E-state index in [4.69, 9.17) is 14.2 Å². The average molecular weight is 210 g/mol. The molecule has 0 N–H and O–H groups in total. The quantitative estimate of drug-likeness (QED) is 0.675. The summed E-state index contributed by atoms with van der Waals surface area (Å²) in [5.74, 6) is -1.06. The fourth-order valence-corrected chi connectivity index (χ4v) is 1.47. The Labute approximate surface area is 91.0 Å². The summed E-state index contributed by atoms with van der Waals surface area (Å²) in [6, 6.07) is 9.66. The molecule has 84 valence electrons. The van der Waals surface area contributed by atoms with Crippen molar-refractivity contribution in [1.29, 1.82) is 0 Å². The molecule has 0 amide bonds. The molecule has 0 aliphatic heterocycles. The molecule has 0 spiro atoms. The van der Waals surface area contributed by atoms with Gasteiger partial charge >= 0.3 is 5.97 Å². The standard InChI is InChI=1S/C12H18O3/c1-4-14-12(13-3,15-5-2)11-9-7-6-8-10-11/h6-10H,4-5H2,1-3H3. The molecule has 0 unspecified atom stereocenters. The minimum atomic E-state index is -1.06. The first-order valence-corrected chi connectivity index (χ1v) is 5.17. The molecule has 3 heteroatoms. The fraction of sp³-hybridized carbons (Fsp3) is 0.500. The van der Waals surface area contributed by atoms with E-state index < -0.39 is 5.97 Å². The van der Waals surface area contributed by atoms with E-state index in [0.29, 0.717) is 13.2 Å². The van der Waals surface area contributed by atoms with Gasteiger partial charge in [0.25, 0.3) is 0 Å². The Hall–Kier alpha value is -0.900. The van der Waals surface area contributed by atoms with Gasteiger partial charge in [0, 0.05) is 25.9 Å². The lowest BCUT2D eigenvalue weighted by Gasteiger charge is -2.31. The maximum absolute atomic E-state index is 5.56. The second-order valence-corrected chi connectivity index (χ2v) is 2.99. The van der Waals surface area contributed by atoms with Gasteiger partial charge in [-0.3, -0.25) is 0 Å².